The van der Waals surface area contributed by atoms with E-state index in [4.69, 9.17) is 21.7 Å². The Bertz CT molecular complexity index is 1480. The van der Waals surface area contributed by atoms with Crippen molar-refractivity contribution in [2.75, 3.05) is 5.32 Å². The monoisotopic (exact) mass is 488 g/mol. The van der Waals surface area contributed by atoms with Gasteiger partial charge in [-0.1, -0.05) is 48.0 Å². The van der Waals surface area contributed by atoms with Crippen LogP contribution in [0, 0.1) is 11.6 Å². The lowest BCUT2D eigenvalue weighted by molar-refractivity contribution is -0.136. The lowest BCUT2D eigenvalue weighted by Gasteiger charge is -2.15. The highest BCUT2D eigenvalue weighted by molar-refractivity contribution is 6.31. The van der Waals surface area contributed by atoms with Crippen molar-refractivity contribution in [3.63, 3.8) is 0 Å². The van der Waals surface area contributed by atoms with Gasteiger partial charge in [-0.25, -0.2) is 13.8 Å². The van der Waals surface area contributed by atoms with Gasteiger partial charge in [0.25, 0.3) is 0 Å². The van der Waals surface area contributed by atoms with Crippen LogP contribution in [-0.4, -0.2) is 16.1 Å². The third kappa shape index (κ3) is 4.66. The summed E-state index contributed by atoms with van der Waals surface area (Å²) >= 11 is 6.29. The zero-order chi connectivity index (χ0) is 24.5. The molecule has 0 amide bonds. The van der Waals surface area contributed by atoms with Gasteiger partial charge in [-0.2, -0.15) is 0 Å². The number of benzene rings is 3. The van der Waals surface area contributed by atoms with Crippen LogP contribution in [0.2, 0.25) is 5.02 Å². The fourth-order valence-electron chi connectivity index (χ4n) is 4.30. The maximum atomic E-state index is 14.7. The summed E-state index contributed by atoms with van der Waals surface area (Å²) in [6, 6.07) is 19.9. The summed E-state index contributed by atoms with van der Waals surface area (Å²) in [6.07, 6.45) is 2.14. The molecular formula is C28H19ClF2N2O2. The number of anilines is 2. The normalized spacial score (nSPS) is 12.3. The minimum absolute atomic E-state index is 0.0810. The number of carboxylic acids is 1. The van der Waals surface area contributed by atoms with Crippen LogP contribution >= 0.6 is 11.6 Å². The van der Waals surface area contributed by atoms with Crippen molar-refractivity contribution in [1.82, 2.24) is 4.98 Å². The van der Waals surface area contributed by atoms with Crippen molar-refractivity contribution in [2.45, 2.75) is 12.8 Å². The molecule has 35 heavy (non-hydrogen) atoms. The molecule has 1 aliphatic carbocycles. The van der Waals surface area contributed by atoms with Crippen molar-refractivity contribution in [2.24, 2.45) is 0 Å². The zero-order valence-electron chi connectivity index (χ0n) is 18.4. The van der Waals surface area contributed by atoms with Gasteiger partial charge < -0.3 is 10.4 Å². The van der Waals surface area contributed by atoms with Crippen LogP contribution in [0.3, 0.4) is 0 Å². The largest absolute Gasteiger partial charge is 0.481 e. The first-order valence-corrected chi connectivity index (χ1v) is 11.3. The van der Waals surface area contributed by atoms with E-state index < -0.39 is 17.6 Å². The molecule has 0 saturated heterocycles. The average Bonchev–Trinajstić information content (AvgIpc) is 2.96. The van der Waals surface area contributed by atoms with Gasteiger partial charge in [0.15, 0.2) is 0 Å². The molecule has 4 aromatic rings. The molecule has 0 atom stereocenters. The number of hydrogen-bond acceptors (Lipinski definition) is 3. The predicted molar refractivity (Wildman–Crippen MR) is 133 cm³/mol. The number of carboxylic acid groups (broad SMARTS) is 1. The lowest BCUT2D eigenvalue weighted by atomic mass is 9.92. The van der Waals surface area contributed by atoms with E-state index in [1.54, 1.807) is 42.5 Å². The molecule has 3 aromatic carbocycles. The Labute approximate surface area is 205 Å². The number of hydrogen-bond donors (Lipinski definition) is 2. The van der Waals surface area contributed by atoms with Crippen molar-refractivity contribution >= 4 is 34.6 Å². The van der Waals surface area contributed by atoms with Crippen molar-refractivity contribution in [1.29, 1.82) is 0 Å². The topological polar surface area (TPSA) is 62.2 Å². The van der Waals surface area contributed by atoms with Crippen LogP contribution in [-0.2, 0) is 17.6 Å². The maximum absolute atomic E-state index is 14.7. The van der Waals surface area contributed by atoms with E-state index in [1.165, 1.54) is 18.2 Å². The number of rotatable bonds is 5. The molecule has 4 nitrogen and oxygen atoms in total. The van der Waals surface area contributed by atoms with E-state index in [2.05, 4.69) is 5.32 Å². The molecule has 1 heterocycles. The zero-order valence-corrected chi connectivity index (χ0v) is 19.1. The summed E-state index contributed by atoms with van der Waals surface area (Å²) in [5, 5.41) is 12.7. The molecule has 174 valence electrons. The van der Waals surface area contributed by atoms with E-state index in [0.717, 1.165) is 5.56 Å². The molecule has 7 heteroatoms. The Hall–Kier alpha value is -4.03. The second-order valence-corrected chi connectivity index (χ2v) is 8.65. The molecule has 1 aromatic heterocycles. The van der Waals surface area contributed by atoms with E-state index >= 15 is 0 Å². The highest BCUT2D eigenvalue weighted by Gasteiger charge is 2.23. The number of carbonyl (C=O) groups is 1. The Morgan fingerprint density at radius 2 is 1.74 bits per heavy atom. The van der Waals surface area contributed by atoms with Gasteiger partial charge in [0, 0.05) is 16.3 Å². The van der Waals surface area contributed by atoms with Crippen LogP contribution in [0.25, 0.3) is 16.8 Å². The molecule has 0 saturated carbocycles. The molecule has 0 fully saturated rings. The molecule has 0 aliphatic heterocycles. The van der Waals surface area contributed by atoms with Crippen LogP contribution in [0.1, 0.15) is 22.3 Å². The Morgan fingerprint density at radius 1 is 0.971 bits per heavy atom. The highest BCUT2D eigenvalue weighted by Crippen LogP contribution is 2.40. The number of allylic oxidation sites excluding steroid dienone is 1. The SMILES string of the molecule is O=C(O)Cc1cccc(Nc2ccc3c(n2)-c2ccc(Cl)cc2C(c2c(F)cccc2F)=CC3)c1. The van der Waals surface area contributed by atoms with Crippen LogP contribution in [0.5, 0.6) is 0 Å². The quantitative estimate of drug-likeness (QED) is 0.316. The number of aromatic nitrogens is 1. The van der Waals surface area contributed by atoms with Crippen LogP contribution in [0.15, 0.2) is 78.9 Å². The van der Waals surface area contributed by atoms with Gasteiger partial charge in [0.05, 0.1) is 17.7 Å². The molecule has 0 spiro atoms. The van der Waals surface area contributed by atoms with Gasteiger partial charge in [0.1, 0.15) is 17.5 Å². The van der Waals surface area contributed by atoms with E-state index in [-0.39, 0.29) is 12.0 Å². The fourth-order valence-corrected chi connectivity index (χ4v) is 4.47. The first-order chi connectivity index (χ1) is 16.9. The van der Waals surface area contributed by atoms with Crippen molar-refractivity contribution < 1.29 is 18.7 Å². The molecule has 2 N–H and O–H groups in total. The molecule has 1 aliphatic rings. The van der Waals surface area contributed by atoms with Crippen LogP contribution in [0.4, 0.5) is 20.3 Å². The van der Waals surface area contributed by atoms with E-state index in [0.29, 0.717) is 50.9 Å². The Balaban J connectivity index is 1.58. The van der Waals surface area contributed by atoms with E-state index in [1.807, 2.05) is 18.2 Å². The van der Waals surface area contributed by atoms with Crippen molar-refractivity contribution in [3.8, 4) is 11.3 Å². The summed E-state index contributed by atoms with van der Waals surface area (Å²) < 4.78 is 29.5. The van der Waals surface area contributed by atoms with Gasteiger partial charge in [-0.15, -0.1) is 0 Å². The summed E-state index contributed by atoms with van der Waals surface area (Å²) in [5.74, 6) is -1.65. The minimum atomic E-state index is -0.907. The van der Waals surface area contributed by atoms with Gasteiger partial charge in [-0.3, -0.25) is 4.79 Å². The second-order valence-electron chi connectivity index (χ2n) is 8.21. The first-order valence-electron chi connectivity index (χ1n) is 10.9. The van der Waals surface area contributed by atoms with Crippen LogP contribution < -0.4 is 5.32 Å². The smallest absolute Gasteiger partial charge is 0.307 e. The molecule has 0 unspecified atom stereocenters. The Morgan fingerprint density at radius 3 is 2.51 bits per heavy atom. The summed E-state index contributed by atoms with van der Waals surface area (Å²) in [5.41, 5.74) is 4.56. The third-order valence-electron chi connectivity index (χ3n) is 5.82. The number of nitrogens with one attached hydrogen (secondary N) is 1. The molecular weight excluding hydrogens is 470 g/mol. The number of aliphatic carboxylic acids is 1. The molecule has 5 rings (SSSR count). The number of pyridine rings is 1. The Kier molecular flexibility index (Phi) is 6.05. The number of halogens is 3. The van der Waals surface area contributed by atoms with E-state index in [9.17, 15) is 13.6 Å². The van der Waals surface area contributed by atoms with Gasteiger partial charge in [0.2, 0.25) is 0 Å². The standard InChI is InChI=1S/C28H19ClF2N2O2/c29-18-9-11-21-22(15-18)20(27-23(30)5-2-6-24(27)31)10-7-17-8-12-25(33-28(17)21)32-19-4-1-3-16(13-19)14-26(34)35/h1-6,8-13,15H,7,14H2,(H,32,33)(H,34,35). The second kappa shape index (κ2) is 9.31. The lowest BCUT2D eigenvalue weighted by Crippen LogP contribution is -2.02. The first kappa shape index (κ1) is 22.7. The molecule has 0 bridgehead atoms. The maximum Gasteiger partial charge on any atom is 0.307 e. The third-order valence-corrected chi connectivity index (χ3v) is 6.05. The number of fused-ring (bicyclic) bond motifs is 3. The van der Waals surface area contributed by atoms with Crippen molar-refractivity contribution in [3.05, 3.63) is 118 Å². The molecule has 0 radical (unpaired) electrons. The van der Waals surface area contributed by atoms with Gasteiger partial charge in [-0.05, 0) is 71.1 Å². The summed E-state index contributed by atoms with van der Waals surface area (Å²) in [4.78, 5) is 15.9. The number of nitrogens with zero attached hydrogens (tertiary/aromatic N) is 1. The highest BCUT2D eigenvalue weighted by atomic mass is 35.5. The predicted octanol–water partition coefficient (Wildman–Crippen LogP) is 7.04. The average molecular weight is 489 g/mol. The fraction of sp³-hybridized carbons (Fsp3) is 0.0714. The summed E-state index contributed by atoms with van der Waals surface area (Å²) in [6.45, 7) is 0. The minimum Gasteiger partial charge on any atom is -0.481 e. The summed E-state index contributed by atoms with van der Waals surface area (Å²) in [7, 11) is 0. The van der Waals surface area contributed by atoms with Gasteiger partial charge >= 0.3 is 5.97 Å².